The summed E-state index contributed by atoms with van der Waals surface area (Å²) >= 11 is 0. The van der Waals surface area contributed by atoms with Crippen LogP contribution < -0.4 is 10.6 Å². The molecule has 2 rings (SSSR count). The van der Waals surface area contributed by atoms with Crippen molar-refractivity contribution in [3.63, 3.8) is 0 Å². The number of nitrogens with one attached hydrogen (secondary N) is 2. The van der Waals surface area contributed by atoms with E-state index in [9.17, 15) is 10.1 Å². The Morgan fingerprint density at radius 1 is 0.964 bits per heavy atom. The van der Waals surface area contributed by atoms with Gasteiger partial charge in [0.2, 0.25) is 0 Å². The summed E-state index contributed by atoms with van der Waals surface area (Å²) in [6.07, 6.45) is 7.94. The first-order chi connectivity index (χ1) is 13.7. The zero-order chi connectivity index (χ0) is 20.0. The maximum atomic E-state index is 12.3. The number of aryl methyl sites for hydroxylation is 2. The molecule has 0 heterocycles. The molecule has 2 aromatic rings. The van der Waals surface area contributed by atoms with Crippen molar-refractivity contribution in [1.29, 1.82) is 5.26 Å². The molecule has 0 fully saturated rings. The Morgan fingerprint density at radius 2 is 1.64 bits per heavy atom. The van der Waals surface area contributed by atoms with Gasteiger partial charge in [-0.1, -0.05) is 55.8 Å². The standard InChI is InChI=1S/C24H29N3O/c1-2-3-9-21-13-15-23(16-14-21)27-24(28)22(18-25)19-26-17-8-7-12-20-10-5-4-6-11-20/h4-6,10-11,13-16,19,26H,2-3,7-9,12,17H2,1H3,(H,27,28)/b22-19-. The molecule has 0 radical (unpaired) electrons. The Balaban J connectivity index is 1.73. The lowest BCUT2D eigenvalue weighted by molar-refractivity contribution is -0.112. The summed E-state index contributed by atoms with van der Waals surface area (Å²) in [5.41, 5.74) is 3.37. The van der Waals surface area contributed by atoms with Crippen molar-refractivity contribution in [2.24, 2.45) is 0 Å². The molecule has 0 saturated heterocycles. The fraction of sp³-hybridized carbons (Fsp3) is 0.333. The van der Waals surface area contributed by atoms with Gasteiger partial charge in [-0.05, 0) is 55.4 Å². The first-order valence-corrected chi connectivity index (χ1v) is 10.0. The number of benzene rings is 2. The molecule has 0 aliphatic heterocycles. The fourth-order valence-electron chi connectivity index (χ4n) is 2.86. The molecular weight excluding hydrogens is 346 g/mol. The molecule has 0 aliphatic rings. The highest BCUT2D eigenvalue weighted by atomic mass is 16.1. The molecule has 0 bridgehead atoms. The summed E-state index contributed by atoms with van der Waals surface area (Å²) in [6.45, 7) is 2.90. The first kappa shape index (κ1) is 21.2. The number of carbonyl (C=O) groups is 1. The Kier molecular flexibility index (Phi) is 9.37. The lowest BCUT2D eigenvalue weighted by Gasteiger charge is -2.07. The molecule has 4 heteroatoms. The summed E-state index contributed by atoms with van der Waals surface area (Å²) in [6, 6.07) is 20.1. The van der Waals surface area contributed by atoms with Crippen LogP contribution in [0.3, 0.4) is 0 Å². The molecule has 4 nitrogen and oxygen atoms in total. The van der Waals surface area contributed by atoms with E-state index in [0.29, 0.717) is 5.69 Å². The van der Waals surface area contributed by atoms with Crippen molar-refractivity contribution >= 4 is 11.6 Å². The predicted octanol–water partition coefficient (Wildman–Crippen LogP) is 4.99. The van der Waals surface area contributed by atoms with E-state index in [1.807, 2.05) is 48.5 Å². The third-order valence-corrected chi connectivity index (χ3v) is 4.52. The van der Waals surface area contributed by atoms with Crippen molar-refractivity contribution < 1.29 is 4.79 Å². The molecule has 0 spiro atoms. The number of nitrogens with zero attached hydrogens (tertiary/aromatic N) is 1. The maximum absolute atomic E-state index is 12.3. The van der Waals surface area contributed by atoms with Crippen molar-refractivity contribution in [1.82, 2.24) is 5.32 Å². The van der Waals surface area contributed by atoms with Gasteiger partial charge < -0.3 is 10.6 Å². The van der Waals surface area contributed by atoms with Gasteiger partial charge in [-0.15, -0.1) is 0 Å². The van der Waals surface area contributed by atoms with Crippen LogP contribution in [0.15, 0.2) is 66.4 Å². The van der Waals surface area contributed by atoms with E-state index in [2.05, 4.69) is 29.7 Å². The van der Waals surface area contributed by atoms with E-state index < -0.39 is 0 Å². The van der Waals surface area contributed by atoms with Gasteiger partial charge in [0.25, 0.3) is 5.91 Å². The van der Waals surface area contributed by atoms with Crippen LogP contribution >= 0.6 is 0 Å². The topological polar surface area (TPSA) is 64.9 Å². The van der Waals surface area contributed by atoms with E-state index in [1.54, 1.807) is 0 Å². The highest BCUT2D eigenvalue weighted by Gasteiger charge is 2.09. The molecule has 28 heavy (non-hydrogen) atoms. The van der Waals surface area contributed by atoms with Gasteiger partial charge in [0.05, 0.1) is 0 Å². The van der Waals surface area contributed by atoms with Crippen LogP contribution in [-0.2, 0) is 17.6 Å². The largest absolute Gasteiger partial charge is 0.390 e. The SMILES string of the molecule is CCCCc1ccc(NC(=O)/C(C#N)=C\NCCCCc2ccccc2)cc1. The van der Waals surface area contributed by atoms with Crippen LogP contribution in [0, 0.1) is 11.3 Å². The van der Waals surface area contributed by atoms with Crippen molar-refractivity contribution in [2.75, 3.05) is 11.9 Å². The second-order valence-corrected chi connectivity index (χ2v) is 6.82. The van der Waals surface area contributed by atoms with Crippen LogP contribution in [-0.4, -0.2) is 12.5 Å². The monoisotopic (exact) mass is 375 g/mol. The van der Waals surface area contributed by atoms with Crippen molar-refractivity contribution in [2.45, 2.75) is 45.4 Å². The summed E-state index contributed by atoms with van der Waals surface area (Å²) < 4.78 is 0. The maximum Gasteiger partial charge on any atom is 0.267 e. The number of hydrogen-bond donors (Lipinski definition) is 2. The Labute approximate surface area is 168 Å². The molecular formula is C24H29N3O. The fourth-order valence-corrected chi connectivity index (χ4v) is 2.86. The van der Waals surface area contributed by atoms with Crippen LogP contribution in [0.1, 0.15) is 43.7 Å². The van der Waals surface area contributed by atoms with Crippen LogP contribution in [0.4, 0.5) is 5.69 Å². The molecule has 0 aliphatic carbocycles. The lowest BCUT2D eigenvalue weighted by atomic mass is 10.1. The number of hydrogen-bond acceptors (Lipinski definition) is 3. The van der Waals surface area contributed by atoms with Gasteiger partial charge in [0.15, 0.2) is 0 Å². The highest BCUT2D eigenvalue weighted by molar-refractivity contribution is 6.06. The van der Waals surface area contributed by atoms with E-state index in [4.69, 9.17) is 0 Å². The number of anilines is 1. The minimum Gasteiger partial charge on any atom is -0.390 e. The van der Waals surface area contributed by atoms with E-state index in [0.717, 1.165) is 45.1 Å². The van der Waals surface area contributed by atoms with E-state index in [1.165, 1.54) is 17.3 Å². The molecule has 146 valence electrons. The predicted molar refractivity (Wildman–Crippen MR) is 115 cm³/mol. The van der Waals surface area contributed by atoms with Gasteiger partial charge in [0, 0.05) is 18.4 Å². The van der Waals surface area contributed by atoms with Crippen LogP contribution in [0.2, 0.25) is 0 Å². The van der Waals surface area contributed by atoms with E-state index >= 15 is 0 Å². The number of amides is 1. The highest BCUT2D eigenvalue weighted by Crippen LogP contribution is 2.12. The summed E-state index contributed by atoms with van der Waals surface area (Å²) in [5.74, 6) is -0.388. The normalized spacial score (nSPS) is 10.9. The smallest absolute Gasteiger partial charge is 0.267 e. The minimum atomic E-state index is -0.388. The Hall–Kier alpha value is -3.06. The third-order valence-electron chi connectivity index (χ3n) is 4.52. The number of rotatable bonds is 11. The van der Waals surface area contributed by atoms with Crippen molar-refractivity contribution in [3.8, 4) is 6.07 Å². The zero-order valence-electron chi connectivity index (χ0n) is 16.6. The van der Waals surface area contributed by atoms with Crippen LogP contribution in [0.5, 0.6) is 0 Å². The van der Waals surface area contributed by atoms with Gasteiger partial charge in [-0.25, -0.2) is 0 Å². The van der Waals surface area contributed by atoms with Crippen LogP contribution in [0.25, 0.3) is 0 Å². The average Bonchev–Trinajstić information content (AvgIpc) is 2.73. The van der Waals surface area contributed by atoms with Gasteiger partial charge in [-0.2, -0.15) is 5.26 Å². The second-order valence-electron chi connectivity index (χ2n) is 6.82. The van der Waals surface area contributed by atoms with Crippen molar-refractivity contribution in [3.05, 3.63) is 77.5 Å². The summed E-state index contributed by atoms with van der Waals surface area (Å²) in [5, 5.41) is 15.1. The first-order valence-electron chi connectivity index (χ1n) is 10.0. The molecule has 2 N–H and O–H groups in total. The van der Waals surface area contributed by atoms with Gasteiger partial charge >= 0.3 is 0 Å². The van der Waals surface area contributed by atoms with E-state index in [-0.39, 0.29) is 11.5 Å². The zero-order valence-corrected chi connectivity index (χ0v) is 16.6. The number of nitriles is 1. The quantitative estimate of drug-likeness (QED) is 0.330. The second kappa shape index (κ2) is 12.3. The Bertz CT molecular complexity index is 789. The number of unbranched alkanes of at least 4 members (excludes halogenated alkanes) is 2. The number of carbonyl (C=O) groups excluding carboxylic acids is 1. The van der Waals surface area contributed by atoms with Gasteiger partial charge in [0.1, 0.15) is 11.6 Å². The molecule has 0 aromatic heterocycles. The Morgan fingerprint density at radius 3 is 2.32 bits per heavy atom. The third kappa shape index (κ3) is 7.67. The molecule has 0 atom stereocenters. The molecule has 0 saturated carbocycles. The molecule has 2 aromatic carbocycles. The average molecular weight is 376 g/mol. The van der Waals surface area contributed by atoms with Gasteiger partial charge in [-0.3, -0.25) is 4.79 Å². The summed E-state index contributed by atoms with van der Waals surface area (Å²) in [4.78, 5) is 12.3. The lowest BCUT2D eigenvalue weighted by Crippen LogP contribution is -2.17. The molecule has 0 unspecified atom stereocenters. The summed E-state index contributed by atoms with van der Waals surface area (Å²) in [7, 11) is 0. The molecule has 1 amide bonds. The minimum absolute atomic E-state index is 0.0816.